The lowest BCUT2D eigenvalue weighted by Gasteiger charge is -2.12. The van der Waals surface area contributed by atoms with Crippen molar-refractivity contribution in [2.24, 2.45) is 5.73 Å². The highest BCUT2D eigenvalue weighted by molar-refractivity contribution is 7.19. The van der Waals surface area contributed by atoms with Crippen molar-refractivity contribution < 1.29 is 0 Å². The van der Waals surface area contributed by atoms with Crippen LogP contribution in [0.1, 0.15) is 16.5 Å². The quantitative estimate of drug-likeness (QED) is 0.687. The van der Waals surface area contributed by atoms with Gasteiger partial charge in [0.25, 0.3) is 0 Å². The van der Waals surface area contributed by atoms with Crippen molar-refractivity contribution in [2.45, 2.75) is 6.04 Å². The molecule has 0 amide bonds. The molecule has 0 saturated heterocycles. The lowest BCUT2D eigenvalue weighted by molar-refractivity contribution is 0.895. The molecule has 0 aliphatic heterocycles. The zero-order valence-electron chi connectivity index (χ0n) is 9.94. The van der Waals surface area contributed by atoms with E-state index >= 15 is 0 Å². The molecule has 0 saturated carbocycles. The molecular formula is C15H11Cl2NS. The number of hydrogen-bond donors (Lipinski definition) is 1. The van der Waals surface area contributed by atoms with Crippen LogP contribution >= 0.6 is 34.5 Å². The number of benzene rings is 2. The Morgan fingerprint density at radius 3 is 2.58 bits per heavy atom. The second kappa shape index (κ2) is 5.14. The van der Waals surface area contributed by atoms with E-state index in [2.05, 4.69) is 18.2 Å². The van der Waals surface area contributed by atoms with E-state index < -0.39 is 0 Å². The van der Waals surface area contributed by atoms with Crippen LogP contribution in [0, 0.1) is 0 Å². The minimum Gasteiger partial charge on any atom is -0.320 e. The first-order valence-electron chi connectivity index (χ1n) is 5.84. The maximum atomic E-state index is 6.32. The summed E-state index contributed by atoms with van der Waals surface area (Å²) in [5.41, 5.74) is 7.18. The second-order valence-electron chi connectivity index (χ2n) is 4.33. The molecule has 0 spiro atoms. The van der Waals surface area contributed by atoms with Gasteiger partial charge in [0.15, 0.2) is 0 Å². The van der Waals surface area contributed by atoms with Gasteiger partial charge < -0.3 is 5.73 Å². The van der Waals surface area contributed by atoms with Gasteiger partial charge in [-0.15, -0.1) is 11.3 Å². The number of halogens is 2. The largest absolute Gasteiger partial charge is 0.320 e. The Morgan fingerprint density at radius 1 is 1.00 bits per heavy atom. The zero-order valence-corrected chi connectivity index (χ0v) is 12.3. The van der Waals surface area contributed by atoms with Crippen molar-refractivity contribution in [2.75, 3.05) is 0 Å². The molecule has 96 valence electrons. The molecule has 19 heavy (non-hydrogen) atoms. The predicted octanol–water partition coefficient (Wildman–Crippen LogP) is 5.26. The number of fused-ring (bicyclic) bond motifs is 1. The summed E-state index contributed by atoms with van der Waals surface area (Å²) in [6.07, 6.45) is 0. The van der Waals surface area contributed by atoms with E-state index in [0.29, 0.717) is 10.0 Å². The molecule has 1 nitrogen and oxygen atoms in total. The van der Waals surface area contributed by atoms with Crippen LogP contribution in [0.2, 0.25) is 10.0 Å². The summed E-state index contributed by atoms with van der Waals surface area (Å²) < 4.78 is 1.23. The Morgan fingerprint density at radius 2 is 1.79 bits per heavy atom. The summed E-state index contributed by atoms with van der Waals surface area (Å²) in [6.45, 7) is 0. The molecular weight excluding hydrogens is 297 g/mol. The first-order chi connectivity index (χ1) is 9.15. The minimum atomic E-state index is -0.247. The SMILES string of the molecule is NC(c1cc2ccccc2s1)c1cc(Cl)ccc1Cl. The van der Waals surface area contributed by atoms with E-state index in [0.717, 1.165) is 10.4 Å². The van der Waals surface area contributed by atoms with Crippen LogP contribution in [-0.2, 0) is 0 Å². The van der Waals surface area contributed by atoms with Crippen LogP contribution < -0.4 is 5.73 Å². The zero-order chi connectivity index (χ0) is 13.4. The number of rotatable bonds is 2. The first-order valence-corrected chi connectivity index (χ1v) is 7.41. The lowest BCUT2D eigenvalue weighted by atomic mass is 10.1. The topological polar surface area (TPSA) is 26.0 Å². The lowest BCUT2D eigenvalue weighted by Crippen LogP contribution is -2.10. The van der Waals surface area contributed by atoms with Crippen LogP contribution in [0.3, 0.4) is 0 Å². The summed E-state index contributed by atoms with van der Waals surface area (Å²) >= 11 is 13.9. The molecule has 2 aromatic carbocycles. The third-order valence-corrected chi connectivity index (χ3v) is 4.82. The van der Waals surface area contributed by atoms with Crippen molar-refractivity contribution in [3.63, 3.8) is 0 Å². The van der Waals surface area contributed by atoms with Crippen LogP contribution in [0.4, 0.5) is 0 Å². The normalized spacial score (nSPS) is 12.8. The molecule has 0 fully saturated rings. The molecule has 1 heterocycles. The standard InChI is InChI=1S/C15H11Cl2NS/c16-10-5-6-12(17)11(8-10)15(18)14-7-9-3-1-2-4-13(9)19-14/h1-8,15H,18H2. The van der Waals surface area contributed by atoms with Gasteiger partial charge in [-0.1, -0.05) is 41.4 Å². The minimum absolute atomic E-state index is 0.247. The molecule has 1 aromatic heterocycles. The first kappa shape index (κ1) is 12.9. The summed E-state index contributed by atoms with van der Waals surface area (Å²) in [6, 6.07) is 15.5. The van der Waals surface area contributed by atoms with Crippen molar-refractivity contribution in [3.8, 4) is 0 Å². The van der Waals surface area contributed by atoms with Gasteiger partial charge in [0.1, 0.15) is 0 Å². The Balaban J connectivity index is 2.07. The second-order valence-corrected chi connectivity index (χ2v) is 6.29. The molecule has 3 rings (SSSR count). The molecule has 0 radical (unpaired) electrons. The van der Waals surface area contributed by atoms with Crippen molar-refractivity contribution >= 4 is 44.6 Å². The highest BCUT2D eigenvalue weighted by atomic mass is 35.5. The molecule has 1 unspecified atom stereocenters. The monoisotopic (exact) mass is 307 g/mol. The molecule has 4 heteroatoms. The van der Waals surface area contributed by atoms with Gasteiger partial charge in [-0.25, -0.2) is 0 Å². The third kappa shape index (κ3) is 2.49. The van der Waals surface area contributed by atoms with Gasteiger partial charge in [-0.2, -0.15) is 0 Å². The van der Waals surface area contributed by atoms with Gasteiger partial charge in [-0.05, 0) is 41.3 Å². The average molecular weight is 308 g/mol. The summed E-state index contributed by atoms with van der Waals surface area (Å²) in [5.74, 6) is 0. The fourth-order valence-corrected chi connectivity index (χ4v) is 3.56. The van der Waals surface area contributed by atoms with Gasteiger partial charge in [-0.3, -0.25) is 0 Å². The Labute approximate surface area is 125 Å². The van der Waals surface area contributed by atoms with Crippen molar-refractivity contribution in [1.29, 1.82) is 0 Å². The molecule has 0 aliphatic rings. The Hall–Kier alpha value is -1.06. The molecule has 1 atom stereocenters. The maximum absolute atomic E-state index is 6.32. The van der Waals surface area contributed by atoms with Gasteiger partial charge in [0.2, 0.25) is 0 Å². The van der Waals surface area contributed by atoms with Crippen molar-refractivity contribution in [1.82, 2.24) is 0 Å². The Bertz CT molecular complexity index is 703. The molecule has 0 bridgehead atoms. The van der Waals surface area contributed by atoms with E-state index in [9.17, 15) is 0 Å². The number of nitrogens with two attached hydrogens (primary N) is 1. The highest BCUT2D eigenvalue weighted by Gasteiger charge is 2.15. The highest BCUT2D eigenvalue weighted by Crippen LogP contribution is 2.35. The average Bonchev–Trinajstić information content (AvgIpc) is 2.84. The van der Waals surface area contributed by atoms with E-state index in [1.165, 1.54) is 10.1 Å². The predicted molar refractivity (Wildman–Crippen MR) is 84.3 cm³/mol. The van der Waals surface area contributed by atoms with Gasteiger partial charge >= 0.3 is 0 Å². The fourth-order valence-electron chi connectivity index (χ4n) is 2.06. The molecule has 0 aliphatic carbocycles. The summed E-state index contributed by atoms with van der Waals surface area (Å²) in [5, 5.41) is 2.50. The van der Waals surface area contributed by atoms with Crippen LogP contribution in [0.15, 0.2) is 48.5 Å². The van der Waals surface area contributed by atoms with E-state index in [-0.39, 0.29) is 6.04 Å². The fraction of sp³-hybridized carbons (Fsp3) is 0.0667. The van der Waals surface area contributed by atoms with Gasteiger partial charge in [0.05, 0.1) is 6.04 Å². The van der Waals surface area contributed by atoms with Crippen molar-refractivity contribution in [3.05, 3.63) is 69.0 Å². The summed E-state index contributed by atoms with van der Waals surface area (Å²) in [7, 11) is 0. The maximum Gasteiger partial charge on any atom is 0.0661 e. The molecule has 2 N–H and O–H groups in total. The number of thiophene rings is 1. The Kier molecular flexibility index (Phi) is 3.50. The third-order valence-electron chi connectivity index (χ3n) is 3.04. The van der Waals surface area contributed by atoms with Crippen LogP contribution in [-0.4, -0.2) is 0 Å². The van der Waals surface area contributed by atoms with E-state index in [4.69, 9.17) is 28.9 Å². The van der Waals surface area contributed by atoms with Crippen LogP contribution in [0.25, 0.3) is 10.1 Å². The number of hydrogen-bond acceptors (Lipinski definition) is 2. The van der Waals surface area contributed by atoms with Crippen LogP contribution in [0.5, 0.6) is 0 Å². The smallest absolute Gasteiger partial charge is 0.0661 e. The van der Waals surface area contributed by atoms with Gasteiger partial charge in [0, 0.05) is 19.6 Å². The molecule has 3 aromatic rings. The van der Waals surface area contributed by atoms with E-state index in [1.807, 2.05) is 18.2 Å². The van der Waals surface area contributed by atoms with E-state index in [1.54, 1.807) is 23.5 Å². The summed E-state index contributed by atoms with van der Waals surface area (Å²) in [4.78, 5) is 1.09.